The van der Waals surface area contributed by atoms with Gasteiger partial charge in [-0.3, -0.25) is 4.79 Å². The number of aliphatic hydroxyl groups is 10. The van der Waals surface area contributed by atoms with Gasteiger partial charge in [0.15, 0.2) is 24.1 Å². The zero-order valence-corrected chi connectivity index (χ0v) is 27.5. The van der Waals surface area contributed by atoms with Crippen LogP contribution in [0.1, 0.15) is 0 Å². The van der Waals surface area contributed by atoms with Crippen LogP contribution in [-0.4, -0.2) is 173 Å². The fourth-order valence-electron chi connectivity index (χ4n) is 6.31. The average Bonchev–Trinajstić information content (AvgIpc) is 3.13. The third-order valence-electron chi connectivity index (χ3n) is 9.27. The van der Waals surface area contributed by atoms with Crippen molar-refractivity contribution in [3.63, 3.8) is 0 Å². The molecule has 3 saturated heterocycles. The van der Waals surface area contributed by atoms with E-state index in [4.69, 9.17) is 32.8 Å². The van der Waals surface area contributed by atoms with E-state index in [0.29, 0.717) is 5.56 Å². The highest BCUT2D eigenvalue weighted by Crippen LogP contribution is 2.36. The minimum Gasteiger partial charge on any atom is -0.508 e. The second kappa shape index (κ2) is 16.0. The first-order chi connectivity index (χ1) is 25.3. The van der Waals surface area contributed by atoms with Crippen molar-refractivity contribution in [1.82, 2.24) is 0 Å². The van der Waals surface area contributed by atoms with Crippen LogP contribution in [0.4, 0.5) is 0 Å². The molecule has 0 spiro atoms. The van der Waals surface area contributed by atoms with E-state index in [-0.39, 0.29) is 28.2 Å². The number of fused-ring (bicyclic) bond motifs is 1. The molecule has 15 atom stereocenters. The van der Waals surface area contributed by atoms with Crippen molar-refractivity contribution in [1.29, 1.82) is 0 Å². The molecule has 20 heteroatoms. The summed E-state index contributed by atoms with van der Waals surface area (Å²) in [5.41, 5.74) is -0.401. The second-order valence-electron chi connectivity index (χ2n) is 12.8. The van der Waals surface area contributed by atoms with Gasteiger partial charge < -0.3 is 94.1 Å². The van der Waals surface area contributed by atoms with E-state index in [1.54, 1.807) is 0 Å². The number of hydrogen-bond donors (Lipinski definition) is 12. The van der Waals surface area contributed by atoms with E-state index < -0.39 is 123 Å². The van der Waals surface area contributed by atoms with Gasteiger partial charge in [-0.15, -0.1) is 0 Å². The first-order valence-electron chi connectivity index (χ1n) is 16.4. The predicted molar refractivity (Wildman–Crippen MR) is 171 cm³/mol. The molecule has 1 aromatic heterocycles. The maximum Gasteiger partial charge on any atom is 0.229 e. The topological polar surface area (TPSA) is 328 Å². The summed E-state index contributed by atoms with van der Waals surface area (Å²) in [5.74, 6) is -0.817. The number of aromatic hydroxyl groups is 2. The van der Waals surface area contributed by atoms with E-state index in [2.05, 4.69) is 0 Å². The summed E-state index contributed by atoms with van der Waals surface area (Å²) in [5, 5.41) is 124. The van der Waals surface area contributed by atoms with E-state index in [1.165, 1.54) is 30.3 Å². The van der Waals surface area contributed by atoms with Crippen LogP contribution in [0, 0.1) is 0 Å². The van der Waals surface area contributed by atoms with Gasteiger partial charge in [0.1, 0.15) is 101 Å². The van der Waals surface area contributed by atoms with Gasteiger partial charge >= 0.3 is 0 Å². The van der Waals surface area contributed by atoms with Crippen LogP contribution >= 0.6 is 0 Å². The maximum atomic E-state index is 13.0. The monoisotopic (exact) mass is 756 g/mol. The molecule has 12 N–H and O–H groups in total. The Morgan fingerprint density at radius 2 is 1.09 bits per heavy atom. The predicted octanol–water partition coefficient (Wildman–Crippen LogP) is -4.30. The highest BCUT2D eigenvalue weighted by Gasteiger charge is 2.54. The molecule has 6 rings (SSSR count). The number of phenols is 2. The quantitative estimate of drug-likeness (QED) is 0.0931. The molecule has 3 aliphatic heterocycles. The summed E-state index contributed by atoms with van der Waals surface area (Å²) >= 11 is 0. The molecule has 0 amide bonds. The van der Waals surface area contributed by atoms with Crippen LogP contribution in [-0.2, 0) is 23.7 Å². The number of hydrogen-bond acceptors (Lipinski definition) is 20. The second-order valence-corrected chi connectivity index (χ2v) is 12.8. The number of ether oxygens (including phenoxy) is 6. The lowest BCUT2D eigenvalue weighted by Gasteiger charge is -2.48. The minimum atomic E-state index is -1.99. The van der Waals surface area contributed by atoms with Crippen molar-refractivity contribution in [2.24, 2.45) is 0 Å². The van der Waals surface area contributed by atoms with Gasteiger partial charge in [0.05, 0.1) is 19.8 Å². The molecule has 0 aliphatic carbocycles. The van der Waals surface area contributed by atoms with Crippen molar-refractivity contribution in [2.75, 3.05) is 19.8 Å². The van der Waals surface area contributed by atoms with Gasteiger partial charge in [-0.1, -0.05) is 0 Å². The zero-order valence-electron chi connectivity index (χ0n) is 27.5. The SMILES string of the molecule is O=c1cc(-c2ccc(O)cc2)oc2cc(OC3OC(CO)C(O)C(O)C3OC3OC(CO)C(O)C(O)C3OC3OC(CO)C(O)C(O)C3O)cc(O)c12. The molecule has 53 heavy (non-hydrogen) atoms. The first kappa shape index (κ1) is 39.2. The normalized spacial score (nSPS) is 37.8. The molecule has 2 aromatic carbocycles. The summed E-state index contributed by atoms with van der Waals surface area (Å²) in [6, 6.07) is 9.03. The Morgan fingerprint density at radius 3 is 1.68 bits per heavy atom. The van der Waals surface area contributed by atoms with Crippen LogP contribution in [0.2, 0.25) is 0 Å². The lowest BCUT2D eigenvalue weighted by atomic mass is 9.96. The van der Waals surface area contributed by atoms with Crippen molar-refractivity contribution in [3.8, 4) is 28.6 Å². The van der Waals surface area contributed by atoms with Gasteiger partial charge in [0, 0.05) is 23.8 Å². The summed E-state index contributed by atoms with van der Waals surface area (Å²) < 4.78 is 40.1. The smallest absolute Gasteiger partial charge is 0.229 e. The molecule has 15 unspecified atom stereocenters. The third-order valence-corrected chi connectivity index (χ3v) is 9.27. The van der Waals surface area contributed by atoms with Crippen molar-refractivity contribution < 1.29 is 94.1 Å². The highest BCUT2D eigenvalue weighted by molar-refractivity contribution is 5.86. The van der Waals surface area contributed by atoms with Crippen molar-refractivity contribution in [3.05, 3.63) is 52.7 Å². The molecule has 20 nitrogen and oxygen atoms in total. The number of benzene rings is 2. The number of aliphatic hydroxyl groups excluding tert-OH is 10. The summed E-state index contributed by atoms with van der Waals surface area (Å²) in [6.07, 6.45) is -27.1. The summed E-state index contributed by atoms with van der Waals surface area (Å²) in [6.45, 7) is -2.54. The van der Waals surface area contributed by atoms with E-state index in [1.807, 2.05) is 0 Å². The fraction of sp³-hybridized carbons (Fsp3) is 0.545. The Labute approximate surface area is 298 Å². The van der Waals surface area contributed by atoms with Gasteiger partial charge in [-0.25, -0.2) is 0 Å². The van der Waals surface area contributed by atoms with E-state index in [9.17, 15) is 66.1 Å². The van der Waals surface area contributed by atoms with E-state index >= 15 is 0 Å². The maximum absolute atomic E-state index is 13.0. The zero-order chi connectivity index (χ0) is 38.3. The standard InChI is InChI=1S/C33H40O20/c34-8-18-22(40)25(43)28(46)31(49-18)52-30-27(45)24(42)20(10-36)51-33(30)53-29-26(44)23(41)19(9-35)50-32(29)47-13-5-14(38)21-15(39)7-16(48-17(21)6-13)11-1-3-12(37)4-2-11/h1-7,18-20,22-38,40-46H,8-10H2. The lowest BCUT2D eigenvalue weighted by Crippen LogP contribution is -2.67. The van der Waals surface area contributed by atoms with Gasteiger partial charge in [0.2, 0.25) is 6.29 Å². The van der Waals surface area contributed by atoms with Crippen molar-refractivity contribution >= 4 is 11.0 Å². The van der Waals surface area contributed by atoms with Gasteiger partial charge in [-0.05, 0) is 24.3 Å². The molecule has 3 aliphatic rings. The Morgan fingerprint density at radius 1 is 0.585 bits per heavy atom. The Kier molecular flexibility index (Phi) is 11.9. The minimum absolute atomic E-state index is 0.0362. The van der Waals surface area contributed by atoms with E-state index in [0.717, 1.165) is 12.1 Å². The largest absolute Gasteiger partial charge is 0.508 e. The molecule has 292 valence electrons. The van der Waals surface area contributed by atoms with Crippen LogP contribution in [0.25, 0.3) is 22.3 Å². The Balaban J connectivity index is 1.32. The average molecular weight is 757 g/mol. The van der Waals surface area contributed by atoms with Crippen LogP contribution in [0.3, 0.4) is 0 Å². The van der Waals surface area contributed by atoms with Crippen LogP contribution < -0.4 is 10.2 Å². The van der Waals surface area contributed by atoms with Crippen LogP contribution in [0.5, 0.6) is 17.2 Å². The molecule has 4 heterocycles. The van der Waals surface area contributed by atoms with Crippen molar-refractivity contribution in [2.45, 2.75) is 92.1 Å². The number of rotatable bonds is 10. The molecule has 0 radical (unpaired) electrons. The summed E-state index contributed by atoms with van der Waals surface area (Å²) in [7, 11) is 0. The van der Waals surface area contributed by atoms with Crippen LogP contribution in [0.15, 0.2) is 51.7 Å². The first-order valence-corrected chi connectivity index (χ1v) is 16.4. The molecular formula is C33H40O20. The van der Waals surface area contributed by atoms with Gasteiger partial charge in [-0.2, -0.15) is 0 Å². The Bertz CT molecular complexity index is 1750. The molecule has 3 fully saturated rings. The molecule has 3 aromatic rings. The molecule has 0 bridgehead atoms. The third kappa shape index (κ3) is 7.71. The fourth-order valence-corrected chi connectivity index (χ4v) is 6.31. The highest BCUT2D eigenvalue weighted by atomic mass is 16.8. The molecular weight excluding hydrogens is 716 g/mol. The molecule has 0 saturated carbocycles. The summed E-state index contributed by atoms with van der Waals surface area (Å²) in [4.78, 5) is 13.0. The lowest BCUT2D eigenvalue weighted by molar-refractivity contribution is -0.389. The van der Waals surface area contributed by atoms with Gasteiger partial charge in [0.25, 0.3) is 0 Å². The Hall–Kier alpha value is -3.55. The number of phenolic OH excluding ortho intramolecular Hbond substituents is 2.